The molecule has 5 rings (SSSR count). The lowest BCUT2D eigenvalue weighted by Gasteiger charge is -2.40. The number of rotatable bonds is 5. The van der Waals surface area contributed by atoms with Crippen LogP contribution in [0.25, 0.3) is 0 Å². The van der Waals surface area contributed by atoms with Gasteiger partial charge in [0.25, 0.3) is 5.91 Å². The fraction of sp³-hybridized carbons (Fsp3) is 0.773. The van der Waals surface area contributed by atoms with Crippen molar-refractivity contribution >= 4 is 17.2 Å². The molecule has 154 valence electrons. The fourth-order valence-electron chi connectivity index (χ4n) is 5.15. The van der Waals surface area contributed by atoms with Crippen molar-refractivity contribution in [3.8, 4) is 0 Å². The standard InChI is InChI=1S/C22H32N2O3S/c25-21(24(14-16-3-1-4-16)15-18-5-2-11-26-18)19-13-17-6-12-27-22(20(17)28-19)7-9-23-10-8-22/h13,16,18,23H,1-12,14-15H2. The Morgan fingerprint density at radius 2 is 2.04 bits per heavy atom. The zero-order chi connectivity index (χ0) is 19.0. The van der Waals surface area contributed by atoms with Crippen LogP contribution < -0.4 is 5.32 Å². The van der Waals surface area contributed by atoms with E-state index in [1.54, 1.807) is 11.3 Å². The van der Waals surface area contributed by atoms with E-state index in [2.05, 4.69) is 16.3 Å². The van der Waals surface area contributed by atoms with E-state index in [1.165, 1.54) is 29.7 Å². The number of fused-ring (bicyclic) bond motifs is 2. The van der Waals surface area contributed by atoms with Gasteiger partial charge in [-0.2, -0.15) is 0 Å². The highest BCUT2D eigenvalue weighted by Crippen LogP contribution is 2.44. The topological polar surface area (TPSA) is 50.8 Å². The van der Waals surface area contributed by atoms with Crippen LogP contribution in [-0.4, -0.2) is 56.3 Å². The summed E-state index contributed by atoms with van der Waals surface area (Å²) < 4.78 is 12.2. The molecular formula is C22H32N2O3S. The van der Waals surface area contributed by atoms with E-state index >= 15 is 0 Å². The minimum atomic E-state index is -0.157. The molecule has 4 heterocycles. The van der Waals surface area contributed by atoms with E-state index in [0.717, 1.165) is 76.4 Å². The first-order valence-electron chi connectivity index (χ1n) is 11.1. The van der Waals surface area contributed by atoms with Gasteiger partial charge >= 0.3 is 0 Å². The normalized spacial score (nSPS) is 26.8. The van der Waals surface area contributed by atoms with E-state index in [4.69, 9.17) is 9.47 Å². The minimum absolute atomic E-state index is 0.157. The van der Waals surface area contributed by atoms with Crippen molar-refractivity contribution in [2.75, 3.05) is 39.4 Å². The van der Waals surface area contributed by atoms with Crippen molar-refractivity contribution in [3.05, 3.63) is 21.4 Å². The molecule has 28 heavy (non-hydrogen) atoms. The average Bonchev–Trinajstić information content (AvgIpc) is 3.34. The summed E-state index contributed by atoms with van der Waals surface area (Å²) in [6.07, 6.45) is 9.22. The zero-order valence-electron chi connectivity index (χ0n) is 16.7. The molecule has 1 atom stereocenters. The second-order valence-electron chi connectivity index (χ2n) is 8.95. The molecule has 1 spiro atoms. The van der Waals surface area contributed by atoms with Crippen LogP contribution in [0.1, 0.15) is 65.1 Å². The fourth-order valence-corrected chi connectivity index (χ4v) is 6.53. The zero-order valence-corrected chi connectivity index (χ0v) is 17.5. The highest BCUT2D eigenvalue weighted by Gasteiger charge is 2.41. The summed E-state index contributed by atoms with van der Waals surface area (Å²) in [4.78, 5) is 17.9. The summed E-state index contributed by atoms with van der Waals surface area (Å²) in [5.74, 6) is 0.893. The maximum absolute atomic E-state index is 13.5. The van der Waals surface area contributed by atoms with Crippen molar-refractivity contribution < 1.29 is 14.3 Å². The highest BCUT2D eigenvalue weighted by molar-refractivity contribution is 7.14. The van der Waals surface area contributed by atoms with Gasteiger partial charge in [0.05, 0.1) is 17.6 Å². The Morgan fingerprint density at radius 1 is 1.18 bits per heavy atom. The smallest absolute Gasteiger partial charge is 0.264 e. The molecule has 6 heteroatoms. The summed E-state index contributed by atoms with van der Waals surface area (Å²) in [7, 11) is 0. The molecule has 0 aromatic carbocycles. The molecule has 1 N–H and O–H groups in total. The summed E-state index contributed by atoms with van der Waals surface area (Å²) in [6.45, 7) is 5.26. The maximum atomic E-state index is 13.5. The quantitative estimate of drug-likeness (QED) is 0.818. The number of hydrogen-bond donors (Lipinski definition) is 1. The van der Waals surface area contributed by atoms with Gasteiger partial charge in [-0.25, -0.2) is 0 Å². The third-order valence-electron chi connectivity index (χ3n) is 7.03. The second-order valence-corrected chi connectivity index (χ2v) is 10.0. The predicted molar refractivity (Wildman–Crippen MR) is 110 cm³/mol. The molecule has 1 aromatic heterocycles. The third kappa shape index (κ3) is 3.64. The monoisotopic (exact) mass is 404 g/mol. The van der Waals surface area contributed by atoms with E-state index in [1.807, 2.05) is 0 Å². The number of ether oxygens (including phenoxy) is 2. The van der Waals surface area contributed by atoms with Crippen LogP contribution in [0.15, 0.2) is 6.07 Å². The van der Waals surface area contributed by atoms with Crippen LogP contribution in [0.5, 0.6) is 0 Å². The number of carbonyl (C=O) groups is 1. The largest absolute Gasteiger partial charge is 0.376 e. The minimum Gasteiger partial charge on any atom is -0.376 e. The molecule has 1 aliphatic carbocycles. The number of amides is 1. The van der Waals surface area contributed by atoms with Gasteiger partial charge in [0.15, 0.2) is 0 Å². The van der Waals surface area contributed by atoms with Gasteiger partial charge in [-0.1, -0.05) is 6.42 Å². The maximum Gasteiger partial charge on any atom is 0.264 e. The first kappa shape index (κ1) is 19.0. The molecule has 1 saturated carbocycles. The first-order valence-corrected chi connectivity index (χ1v) is 11.9. The van der Waals surface area contributed by atoms with Gasteiger partial charge < -0.3 is 19.7 Å². The molecule has 2 saturated heterocycles. The number of thiophene rings is 1. The highest BCUT2D eigenvalue weighted by atomic mass is 32.1. The van der Waals surface area contributed by atoms with Gasteiger partial charge in [0, 0.05) is 24.6 Å². The Labute approximate surface area is 171 Å². The lowest BCUT2D eigenvalue weighted by Crippen LogP contribution is -2.44. The summed E-state index contributed by atoms with van der Waals surface area (Å²) >= 11 is 1.70. The van der Waals surface area contributed by atoms with Gasteiger partial charge in [0.1, 0.15) is 5.60 Å². The lowest BCUT2D eigenvalue weighted by molar-refractivity contribution is -0.0771. The molecule has 0 radical (unpaired) electrons. The number of hydrogen-bond acceptors (Lipinski definition) is 5. The predicted octanol–water partition coefficient (Wildman–Crippen LogP) is 3.32. The van der Waals surface area contributed by atoms with E-state index in [-0.39, 0.29) is 17.6 Å². The first-order chi connectivity index (χ1) is 13.7. The Balaban J connectivity index is 1.38. The van der Waals surface area contributed by atoms with Crippen LogP contribution >= 0.6 is 11.3 Å². The molecule has 1 unspecified atom stereocenters. The SMILES string of the molecule is O=C(c1cc2c(s1)C1(CCNCC1)OCC2)N(CC1CCC1)CC1CCCO1. The van der Waals surface area contributed by atoms with Crippen LogP contribution in [0, 0.1) is 5.92 Å². The molecule has 1 amide bonds. The van der Waals surface area contributed by atoms with E-state index < -0.39 is 0 Å². The molecule has 5 nitrogen and oxygen atoms in total. The summed E-state index contributed by atoms with van der Waals surface area (Å²) in [5, 5.41) is 3.45. The van der Waals surface area contributed by atoms with Crippen LogP contribution in [0.3, 0.4) is 0 Å². The van der Waals surface area contributed by atoms with Crippen LogP contribution in [0.4, 0.5) is 0 Å². The Hall–Kier alpha value is -0.950. The van der Waals surface area contributed by atoms with Gasteiger partial charge in [0.2, 0.25) is 0 Å². The summed E-state index contributed by atoms with van der Waals surface area (Å²) in [6, 6.07) is 2.18. The average molecular weight is 405 g/mol. The Bertz CT molecular complexity index is 703. The number of piperidine rings is 1. The summed E-state index contributed by atoms with van der Waals surface area (Å²) in [5.41, 5.74) is 1.19. The second kappa shape index (κ2) is 8.05. The van der Waals surface area contributed by atoms with Gasteiger partial charge in [-0.05, 0) is 75.6 Å². The van der Waals surface area contributed by atoms with E-state index in [0.29, 0.717) is 5.92 Å². The van der Waals surface area contributed by atoms with Crippen LogP contribution in [-0.2, 0) is 21.5 Å². The number of nitrogens with one attached hydrogen (secondary N) is 1. The molecule has 4 aliphatic rings. The van der Waals surface area contributed by atoms with Crippen molar-refractivity contribution in [2.24, 2.45) is 5.92 Å². The van der Waals surface area contributed by atoms with Crippen molar-refractivity contribution in [2.45, 2.75) is 63.1 Å². The molecule has 0 bridgehead atoms. The number of nitrogens with zero attached hydrogens (tertiary/aromatic N) is 1. The van der Waals surface area contributed by atoms with Gasteiger partial charge in [-0.15, -0.1) is 11.3 Å². The Kier molecular flexibility index (Phi) is 5.48. The third-order valence-corrected chi connectivity index (χ3v) is 8.38. The number of carbonyl (C=O) groups excluding carboxylic acids is 1. The lowest BCUT2D eigenvalue weighted by atomic mass is 9.85. The molecule has 3 aliphatic heterocycles. The molecule has 1 aromatic rings. The Morgan fingerprint density at radius 3 is 2.75 bits per heavy atom. The van der Waals surface area contributed by atoms with Crippen molar-refractivity contribution in [3.63, 3.8) is 0 Å². The molecule has 3 fully saturated rings. The van der Waals surface area contributed by atoms with Crippen molar-refractivity contribution in [1.29, 1.82) is 0 Å². The molecular weight excluding hydrogens is 372 g/mol. The van der Waals surface area contributed by atoms with Crippen molar-refractivity contribution in [1.82, 2.24) is 10.2 Å². The van der Waals surface area contributed by atoms with E-state index in [9.17, 15) is 4.79 Å². The van der Waals surface area contributed by atoms with Gasteiger partial charge in [-0.3, -0.25) is 4.79 Å². The van der Waals surface area contributed by atoms with Crippen LogP contribution in [0.2, 0.25) is 0 Å².